The van der Waals surface area contributed by atoms with E-state index in [1.807, 2.05) is 0 Å². The van der Waals surface area contributed by atoms with Gasteiger partial charge in [0.25, 0.3) is 0 Å². The second-order valence-electron chi connectivity index (χ2n) is 4.95. The summed E-state index contributed by atoms with van der Waals surface area (Å²) in [7, 11) is -4.24. The molecule has 0 radical (unpaired) electrons. The largest absolute Gasteiger partial charge is 0.399 e. The van der Waals surface area contributed by atoms with E-state index in [0.717, 1.165) is 12.1 Å². The molecule has 1 atom stereocenters. The first-order chi connectivity index (χ1) is 9.69. The van der Waals surface area contributed by atoms with Gasteiger partial charge in [0.1, 0.15) is 4.90 Å². The van der Waals surface area contributed by atoms with Gasteiger partial charge in [0, 0.05) is 18.3 Å². The Morgan fingerprint density at radius 3 is 2.48 bits per heavy atom. The first-order valence-electron chi connectivity index (χ1n) is 6.53. The van der Waals surface area contributed by atoms with Gasteiger partial charge in [-0.25, -0.2) is 21.9 Å². The Hall–Kier alpha value is -1.25. The van der Waals surface area contributed by atoms with Crippen LogP contribution in [0, 0.1) is 17.6 Å². The van der Waals surface area contributed by atoms with Crippen LogP contribution in [0.3, 0.4) is 0 Å². The number of sulfonamides is 1. The number of hydrogen-bond donors (Lipinski definition) is 2. The average Bonchev–Trinajstić information content (AvgIpc) is 2.38. The molecule has 3 N–H and O–H groups in total. The van der Waals surface area contributed by atoms with Gasteiger partial charge in [-0.1, -0.05) is 13.8 Å². The summed E-state index contributed by atoms with van der Waals surface area (Å²) in [5.41, 5.74) is 5.21. The number of benzene rings is 1. The van der Waals surface area contributed by atoms with Crippen molar-refractivity contribution in [3.63, 3.8) is 0 Å². The van der Waals surface area contributed by atoms with Gasteiger partial charge in [-0.15, -0.1) is 0 Å². The predicted octanol–water partition coefficient (Wildman–Crippen LogP) is 1.89. The molecule has 0 spiro atoms. The zero-order valence-electron chi connectivity index (χ0n) is 12.2. The van der Waals surface area contributed by atoms with E-state index < -0.39 is 32.6 Å². The fourth-order valence-corrected chi connectivity index (χ4v) is 3.14. The number of hydrogen-bond acceptors (Lipinski definition) is 4. The van der Waals surface area contributed by atoms with E-state index in [2.05, 4.69) is 4.72 Å². The normalized spacial score (nSPS) is 13.6. The number of anilines is 1. The van der Waals surface area contributed by atoms with Crippen LogP contribution in [0.4, 0.5) is 14.5 Å². The van der Waals surface area contributed by atoms with Gasteiger partial charge in [-0.05, 0) is 25.0 Å². The van der Waals surface area contributed by atoms with Crippen LogP contribution >= 0.6 is 0 Å². The molecule has 5 nitrogen and oxygen atoms in total. The lowest BCUT2D eigenvalue weighted by Gasteiger charge is -2.22. The molecule has 0 aliphatic rings. The topological polar surface area (TPSA) is 81.4 Å². The van der Waals surface area contributed by atoms with E-state index in [1.54, 1.807) is 20.8 Å². The lowest BCUT2D eigenvalue weighted by atomic mass is 10.1. The summed E-state index contributed by atoms with van der Waals surface area (Å²) >= 11 is 0. The minimum atomic E-state index is -4.24. The minimum absolute atomic E-state index is 0.0831. The van der Waals surface area contributed by atoms with Crippen molar-refractivity contribution in [1.82, 2.24) is 4.72 Å². The number of ether oxygens (including phenoxy) is 1. The molecule has 0 fully saturated rings. The summed E-state index contributed by atoms with van der Waals surface area (Å²) in [5, 5.41) is 0. The molecule has 0 saturated carbocycles. The lowest BCUT2D eigenvalue weighted by Crippen LogP contribution is -2.42. The van der Waals surface area contributed by atoms with Crippen molar-refractivity contribution in [2.24, 2.45) is 5.92 Å². The zero-order chi connectivity index (χ0) is 16.2. The second-order valence-corrected chi connectivity index (χ2v) is 6.63. The number of halogens is 2. The smallest absolute Gasteiger partial charge is 0.244 e. The maximum atomic E-state index is 13.7. The maximum absolute atomic E-state index is 13.7. The SMILES string of the molecule is CCOCC(NS(=O)(=O)c1cc(N)cc(F)c1F)C(C)C. The van der Waals surface area contributed by atoms with E-state index in [9.17, 15) is 17.2 Å². The van der Waals surface area contributed by atoms with Crippen molar-refractivity contribution in [2.75, 3.05) is 18.9 Å². The summed E-state index contributed by atoms with van der Waals surface area (Å²) < 4.78 is 58.9. The lowest BCUT2D eigenvalue weighted by molar-refractivity contribution is 0.116. The van der Waals surface area contributed by atoms with Crippen LogP contribution < -0.4 is 10.5 Å². The predicted molar refractivity (Wildman–Crippen MR) is 76.2 cm³/mol. The molecule has 1 rings (SSSR count). The monoisotopic (exact) mass is 322 g/mol. The molecule has 0 saturated heterocycles. The van der Waals surface area contributed by atoms with Gasteiger partial charge in [0.2, 0.25) is 10.0 Å². The van der Waals surface area contributed by atoms with Gasteiger partial charge in [0.05, 0.1) is 6.61 Å². The van der Waals surface area contributed by atoms with Crippen LogP contribution in [-0.2, 0) is 14.8 Å². The van der Waals surface area contributed by atoms with E-state index in [-0.39, 0.29) is 18.2 Å². The van der Waals surface area contributed by atoms with E-state index >= 15 is 0 Å². The van der Waals surface area contributed by atoms with Crippen molar-refractivity contribution in [1.29, 1.82) is 0 Å². The Labute approximate surface area is 123 Å². The summed E-state index contributed by atoms with van der Waals surface area (Å²) in [6, 6.07) is 1.06. The third kappa shape index (κ3) is 4.62. The van der Waals surface area contributed by atoms with Crippen LogP contribution in [-0.4, -0.2) is 27.7 Å². The van der Waals surface area contributed by atoms with E-state index in [1.165, 1.54) is 0 Å². The molecule has 8 heteroatoms. The van der Waals surface area contributed by atoms with E-state index in [0.29, 0.717) is 6.61 Å². The standard InChI is InChI=1S/C13H20F2N2O3S/c1-4-20-7-11(8(2)3)17-21(18,19)12-6-9(16)5-10(14)13(12)15/h5-6,8,11,17H,4,7,16H2,1-3H3. The van der Waals surface area contributed by atoms with Crippen LogP contribution in [0.15, 0.2) is 17.0 Å². The number of nitrogen functional groups attached to an aromatic ring is 1. The van der Waals surface area contributed by atoms with Crippen LogP contribution in [0.2, 0.25) is 0 Å². The van der Waals surface area contributed by atoms with Gasteiger partial charge >= 0.3 is 0 Å². The highest BCUT2D eigenvalue weighted by atomic mass is 32.2. The molecule has 0 heterocycles. The number of nitrogens with one attached hydrogen (secondary N) is 1. The minimum Gasteiger partial charge on any atom is -0.399 e. The molecule has 0 bridgehead atoms. The van der Waals surface area contributed by atoms with Crippen molar-refractivity contribution >= 4 is 15.7 Å². The Kier molecular flexibility index (Phi) is 6.06. The van der Waals surface area contributed by atoms with Gasteiger partial charge < -0.3 is 10.5 Å². The second kappa shape index (κ2) is 7.15. The molecule has 0 aliphatic carbocycles. The average molecular weight is 322 g/mol. The van der Waals surface area contributed by atoms with Gasteiger partial charge in [-0.2, -0.15) is 0 Å². The fourth-order valence-electron chi connectivity index (χ4n) is 1.65. The highest BCUT2D eigenvalue weighted by molar-refractivity contribution is 7.89. The summed E-state index contributed by atoms with van der Waals surface area (Å²) in [6.45, 7) is 5.93. The Balaban J connectivity index is 3.10. The van der Waals surface area contributed by atoms with Crippen LogP contribution in [0.1, 0.15) is 20.8 Å². The number of nitrogens with two attached hydrogens (primary N) is 1. The third-order valence-corrected chi connectivity index (χ3v) is 4.41. The molecule has 0 aliphatic heterocycles. The highest BCUT2D eigenvalue weighted by Crippen LogP contribution is 2.21. The zero-order valence-corrected chi connectivity index (χ0v) is 13.0. The first kappa shape index (κ1) is 17.8. The summed E-state index contributed by atoms with van der Waals surface area (Å²) in [4.78, 5) is -0.804. The summed E-state index contributed by atoms with van der Waals surface area (Å²) in [5.74, 6) is -2.84. The molecule has 21 heavy (non-hydrogen) atoms. The fraction of sp³-hybridized carbons (Fsp3) is 0.538. The maximum Gasteiger partial charge on any atom is 0.244 e. The Bertz CT molecular complexity index is 591. The molecule has 1 unspecified atom stereocenters. The molecule has 0 amide bonds. The van der Waals surface area contributed by atoms with Crippen LogP contribution in [0.25, 0.3) is 0 Å². The molecule has 1 aromatic rings. The Morgan fingerprint density at radius 1 is 1.33 bits per heavy atom. The molecule has 120 valence electrons. The molecule has 1 aromatic carbocycles. The van der Waals surface area contributed by atoms with Crippen molar-refractivity contribution in [3.8, 4) is 0 Å². The third-order valence-electron chi connectivity index (χ3n) is 2.92. The quantitative estimate of drug-likeness (QED) is 0.751. The molecule has 0 aromatic heterocycles. The van der Waals surface area contributed by atoms with Gasteiger partial charge in [0.15, 0.2) is 11.6 Å². The van der Waals surface area contributed by atoms with Crippen LogP contribution in [0.5, 0.6) is 0 Å². The molecular weight excluding hydrogens is 302 g/mol. The van der Waals surface area contributed by atoms with Crippen molar-refractivity contribution in [2.45, 2.75) is 31.7 Å². The Morgan fingerprint density at radius 2 is 1.95 bits per heavy atom. The van der Waals surface area contributed by atoms with Gasteiger partial charge in [-0.3, -0.25) is 0 Å². The van der Waals surface area contributed by atoms with E-state index in [4.69, 9.17) is 10.5 Å². The highest BCUT2D eigenvalue weighted by Gasteiger charge is 2.27. The summed E-state index contributed by atoms with van der Waals surface area (Å²) in [6.07, 6.45) is 0. The molecular formula is C13H20F2N2O3S. The number of rotatable bonds is 7. The first-order valence-corrected chi connectivity index (χ1v) is 8.02. The van der Waals surface area contributed by atoms with Crippen molar-refractivity contribution in [3.05, 3.63) is 23.8 Å². The van der Waals surface area contributed by atoms with Crippen molar-refractivity contribution < 1.29 is 21.9 Å².